The van der Waals surface area contributed by atoms with Gasteiger partial charge in [0.15, 0.2) is 0 Å². The third kappa shape index (κ3) is 4.53. The van der Waals surface area contributed by atoms with E-state index >= 15 is 0 Å². The Labute approximate surface area is 199 Å². The molecule has 0 atom stereocenters. The van der Waals surface area contributed by atoms with Crippen LogP contribution in [0.3, 0.4) is 0 Å². The molecule has 2 nitrogen and oxygen atoms in total. The van der Waals surface area contributed by atoms with Gasteiger partial charge in [-0.25, -0.2) is 0 Å². The van der Waals surface area contributed by atoms with Crippen molar-refractivity contribution in [3.8, 4) is 0 Å². The van der Waals surface area contributed by atoms with Crippen LogP contribution < -0.4 is 21.3 Å². The van der Waals surface area contributed by atoms with Crippen molar-refractivity contribution in [3.63, 3.8) is 0 Å². The number of hydrogen-bond acceptors (Lipinski definition) is 2. The van der Waals surface area contributed by atoms with Gasteiger partial charge in [-0.15, -0.1) is 0 Å². The van der Waals surface area contributed by atoms with Crippen LogP contribution in [0.5, 0.6) is 0 Å². The molecular weight excluding hydrogens is 404 g/mol. The molecule has 0 saturated carbocycles. The van der Waals surface area contributed by atoms with E-state index < -0.39 is 0 Å². The minimum absolute atomic E-state index is 0.962. The van der Waals surface area contributed by atoms with Gasteiger partial charge in [0.2, 0.25) is 0 Å². The summed E-state index contributed by atoms with van der Waals surface area (Å²) < 4.78 is 12.6. The van der Waals surface area contributed by atoms with Gasteiger partial charge >= 0.3 is 0 Å². The highest BCUT2D eigenvalue weighted by molar-refractivity contribution is 6.20. The molecule has 0 radical (unpaired) electrons. The summed E-state index contributed by atoms with van der Waals surface area (Å²) in [5, 5.41) is 7.47. The second-order valence-corrected chi connectivity index (χ2v) is 7.54. The molecule has 0 bridgehead atoms. The number of benzene rings is 2. The summed E-state index contributed by atoms with van der Waals surface area (Å²) in [6.45, 7) is 20.5. The SMILES string of the molecule is C/C=c1/oc2c(C)cc3cc(C)c4oc5c(c4c3c2/c1=C/CC)=CCCC=5.CC.CC.CC. The number of aryl methyl sites for hydroxylation is 2. The normalized spacial score (nSPS) is 13.3. The second-order valence-electron chi connectivity index (χ2n) is 7.54. The van der Waals surface area contributed by atoms with Gasteiger partial charge in [-0.1, -0.05) is 60.6 Å². The largest absolute Gasteiger partial charge is 0.456 e. The standard InChI is InChI=1S/C25H24O2.3C2H6/c1-5-9-17-19(6-2)26-24-14(3)12-16-13-15(4)25-23(21(16)22(17)24)18-10-7-8-11-20(18)27-25;3*1-2/h6,9-13H,5,7-8H2,1-4H3;3*1-2H3/b17-9+,19-6+;;;. The van der Waals surface area contributed by atoms with Crippen molar-refractivity contribution in [2.45, 2.75) is 88.5 Å². The van der Waals surface area contributed by atoms with E-state index in [4.69, 9.17) is 8.83 Å². The van der Waals surface area contributed by atoms with E-state index in [0.29, 0.717) is 0 Å². The van der Waals surface area contributed by atoms with Crippen LogP contribution in [0.2, 0.25) is 0 Å². The molecule has 0 unspecified atom stereocenters. The summed E-state index contributed by atoms with van der Waals surface area (Å²) >= 11 is 0. The van der Waals surface area contributed by atoms with Crippen LogP contribution in [0.4, 0.5) is 0 Å². The Bertz CT molecular complexity index is 1470. The minimum Gasteiger partial charge on any atom is -0.456 e. The molecule has 33 heavy (non-hydrogen) atoms. The Hall–Kier alpha value is -2.74. The van der Waals surface area contributed by atoms with Gasteiger partial charge < -0.3 is 8.83 Å². The molecule has 0 aliphatic heterocycles. The maximum absolute atomic E-state index is 6.31. The van der Waals surface area contributed by atoms with Crippen molar-refractivity contribution >= 4 is 57.0 Å². The van der Waals surface area contributed by atoms with Gasteiger partial charge in [-0.2, -0.15) is 0 Å². The van der Waals surface area contributed by atoms with Crippen LogP contribution in [0.25, 0.3) is 57.0 Å². The van der Waals surface area contributed by atoms with E-state index in [1.807, 2.05) is 48.5 Å². The van der Waals surface area contributed by atoms with Gasteiger partial charge in [0, 0.05) is 26.6 Å². The molecule has 0 spiro atoms. The molecule has 0 fully saturated rings. The molecule has 0 saturated heterocycles. The summed E-state index contributed by atoms with van der Waals surface area (Å²) in [4.78, 5) is 0. The molecule has 1 aliphatic carbocycles. The first-order valence-electron chi connectivity index (χ1n) is 12.9. The maximum Gasteiger partial charge on any atom is 0.138 e. The van der Waals surface area contributed by atoms with Crippen molar-refractivity contribution in [1.82, 2.24) is 0 Å². The summed E-state index contributed by atoms with van der Waals surface area (Å²) in [5.41, 5.74) is 6.37. The lowest BCUT2D eigenvalue weighted by Crippen LogP contribution is -2.23. The Morgan fingerprint density at radius 2 is 1.36 bits per heavy atom. The number of rotatable bonds is 1. The molecule has 5 rings (SSSR count). The van der Waals surface area contributed by atoms with Crippen LogP contribution in [0.15, 0.2) is 21.0 Å². The van der Waals surface area contributed by atoms with E-state index in [0.717, 1.165) is 41.3 Å². The minimum atomic E-state index is 0.962. The van der Waals surface area contributed by atoms with Crippen LogP contribution in [-0.4, -0.2) is 0 Å². The van der Waals surface area contributed by atoms with Crippen molar-refractivity contribution < 1.29 is 8.83 Å². The smallest absolute Gasteiger partial charge is 0.138 e. The van der Waals surface area contributed by atoms with Crippen molar-refractivity contribution in [1.29, 1.82) is 0 Å². The van der Waals surface area contributed by atoms with E-state index in [-0.39, 0.29) is 0 Å². The highest BCUT2D eigenvalue weighted by atomic mass is 16.3. The maximum atomic E-state index is 6.31. The lowest BCUT2D eigenvalue weighted by atomic mass is 9.95. The van der Waals surface area contributed by atoms with Gasteiger partial charge in [0.05, 0.1) is 0 Å². The lowest BCUT2D eigenvalue weighted by molar-refractivity contribution is 0.570. The Kier molecular flexibility index (Phi) is 9.58. The zero-order valence-electron chi connectivity index (χ0n) is 22.4. The summed E-state index contributed by atoms with van der Waals surface area (Å²) in [5.74, 6) is 0. The van der Waals surface area contributed by atoms with Crippen molar-refractivity contribution in [2.24, 2.45) is 0 Å². The average Bonchev–Trinajstić information content (AvgIpc) is 3.43. The van der Waals surface area contributed by atoms with Crippen LogP contribution in [-0.2, 0) is 0 Å². The zero-order valence-corrected chi connectivity index (χ0v) is 22.4. The molecule has 178 valence electrons. The molecular formula is C31H42O2. The lowest BCUT2D eigenvalue weighted by Gasteiger charge is -2.06. The predicted molar refractivity (Wildman–Crippen MR) is 149 cm³/mol. The fourth-order valence-electron chi connectivity index (χ4n) is 4.59. The van der Waals surface area contributed by atoms with Crippen molar-refractivity contribution in [3.05, 3.63) is 44.5 Å². The third-order valence-electron chi connectivity index (χ3n) is 5.71. The quantitative estimate of drug-likeness (QED) is 0.305. The van der Waals surface area contributed by atoms with E-state index in [1.165, 1.54) is 43.1 Å². The first-order chi connectivity index (χ1) is 16.1. The van der Waals surface area contributed by atoms with Gasteiger partial charge in [-0.3, -0.25) is 0 Å². The van der Waals surface area contributed by atoms with Gasteiger partial charge in [0.1, 0.15) is 22.0 Å². The second kappa shape index (κ2) is 11.9. The topological polar surface area (TPSA) is 26.3 Å². The van der Waals surface area contributed by atoms with Crippen LogP contribution in [0.1, 0.15) is 85.8 Å². The first-order valence-corrected chi connectivity index (χ1v) is 12.9. The van der Waals surface area contributed by atoms with E-state index in [2.05, 4.69) is 57.2 Å². The average molecular weight is 447 g/mol. The monoisotopic (exact) mass is 446 g/mol. The molecule has 2 heteroatoms. The third-order valence-corrected chi connectivity index (χ3v) is 5.71. The Balaban J connectivity index is 0.000000597. The van der Waals surface area contributed by atoms with Crippen molar-refractivity contribution in [2.75, 3.05) is 0 Å². The number of fused-ring (bicyclic) bond motifs is 7. The molecule has 0 N–H and O–H groups in total. The summed E-state index contributed by atoms with van der Waals surface area (Å²) in [6, 6.07) is 4.52. The fraction of sp³-hybridized carbons (Fsp3) is 0.419. The van der Waals surface area contributed by atoms with Crippen LogP contribution >= 0.6 is 0 Å². The first kappa shape index (κ1) is 26.5. The van der Waals surface area contributed by atoms with Gasteiger partial charge in [-0.05, 0) is 80.8 Å². The van der Waals surface area contributed by atoms with Gasteiger partial charge in [0.25, 0.3) is 0 Å². The highest BCUT2D eigenvalue weighted by Crippen LogP contribution is 2.33. The molecule has 2 aromatic carbocycles. The molecule has 0 amide bonds. The summed E-state index contributed by atoms with van der Waals surface area (Å²) in [7, 11) is 0. The zero-order chi connectivity index (χ0) is 24.7. The molecule has 2 heterocycles. The summed E-state index contributed by atoms with van der Waals surface area (Å²) in [6.07, 6.45) is 12.0. The van der Waals surface area contributed by atoms with Crippen LogP contribution in [0, 0.1) is 13.8 Å². The number of furan rings is 2. The molecule has 4 aromatic rings. The fourth-order valence-corrected chi connectivity index (χ4v) is 4.59. The number of hydrogen-bond donors (Lipinski definition) is 0. The van der Waals surface area contributed by atoms with E-state index in [9.17, 15) is 0 Å². The predicted octanol–water partition coefficient (Wildman–Crippen LogP) is 7.37. The van der Waals surface area contributed by atoms with E-state index in [1.54, 1.807) is 0 Å². The Morgan fingerprint density at radius 1 is 0.788 bits per heavy atom. The molecule has 1 aliphatic rings. The molecule has 2 aromatic heterocycles. The highest BCUT2D eigenvalue weighted by Gasteiger charge is 2.18. The Morgan fingerprint density at radius 3 is 1.94 bits per heavy atom.